The summed E-state index contributed by atoms with van der Waals surface area (Å²) in [5.41, 5.74) is 6.55. The highest BCUT2D eigenvalue weighted by atomic mass is 19.1. The topological polar surface area (TPSA) is 26.0 Å². The average molecular weight is 237 g/mol. The van der Waals surface area contributed by atoms with Crippen molar-refractivity contribution in [1.29, 1.82) is 0 Å². The van der Waals surface area contributed by atoms with Gasteiger partial charge in [0.05, 0.1) is 0 Å². The molecule has 0 aliphatic heterocycles. The van der Waals surface area contributed by atoms with Crippen molar-refractivity contribution in [1.82, 2.24) is 0 Å². The summed E-state index contributed by atoms with van der Waals surface area (Å²) in [4.78, 5) is 0. The Labute approximate surface area is 100 Å². The highest BCUT2D eigenvalue weighted by Gasteiger charge is 2.54. The number of hydrogen-bond donors (Lipinski definition) is 1. The third-order valence-corrected chi connectivity index (χ3v) is 4.43. The summed E-state index contributed by atoms with van der Waals surface area (Å²) in [6.07, 6.45) is 4.32. The van der Waals surface area contributed by atoms with Crippen LogP contribution in [-0.2, 0) is 6.42 Å². The maximum atomic E-state index is 13.5. The Morgan fingerprint density at radius 1 is 1.24 bits per heavy atom. The van der Waals surface area contributed by atoms with Crippen LogP contribution in [0.1, 0.15) is 24.8 Å². The van der Waals surface area contributed by atoms with E-state index in [0.29, 0.717) is 17.9 Å². The van der Waals surface area contributed by atoms with Crippen LogP contribution in [0.25, 0.3) is 0 Å². The SMILES string of the molecule is NC(Cc1cc(F)ccc1F)C1C2CCCC21. The van der Waals surface area contributed by atoms with Crippen molar-refractivity contribution in [2.24, 2.45) is 23.5 Å². The minimum absolute atomic E-state index is 0.0124. The molecule has 2 N–H and O–H groups in total. The van der Waals surface area contributed by atoms with Gasteiger partial charge in [-0.1, -0.05) is 6.42 Å². The number of hydrogen-bond acceptors (Lipinski definition) is 1. The summed E-state index contributed by atoms with van der Waals surface area (Å²) in [5.74, 6) is 1.35. The molecule has 17 heavy (non-hydrogen) atoms. The third kappa shape index (κ3) is 1.97. The van der Waals surface area contributed by atoms with Crippen LogP contribution >= 0.6 is 0 Å². The van der Waals surface area contributed by atoms with Gasteiger partial charge in [-0.25, -0.2) is 8.78 Å². The molecule has 3 unspecified atom stereocenters. The fraction of sp³-hybridized carbons (Fsp3) is 0.571. The molecule has 1 aromatic rings. The first-order chi connectivity index (χ1) is 8.16. The summed E-state index contributed by atoms with van der Waals surface area (Å²) in [6.45, 7) is 0. The van der Waals surface area contributed by atoms with Crippen LogP contribution in [-0.4, -0.2) is 6.04 Å². The number of benzene rings is 1. The summed E-state index contributed by atoms with van der Waals surface area (Å²) >= 11 is 0. The summed E-state index contributed by atoms with van der Waals surface area (Å²) in [6, 6.07) is 3.59. The van der Waals surface area contributed by atoms with Crippen LogP contribution in [0, 0.1) is 29.4 Å². The molecule has 3 heteroatoms. The first kappa shape index (κ1) is 11.1. The summed E-state index contributed by atoms with van der Waals surface area (Å²) < 4.78 is 26.5. The van der Waals surface area contributed by atoms with E-state index in [-0.39, 0.29) is 17.7 Å². The van der Waals surface area contributed by atoms with Gasteiger partial charge in [-0.05, 0) is 60.8 Å². The van der Waals surface area contributed by atoms with Crippen molar-refractivity contribution in [3.8, 4) is 0 Å². The van der Waals surface area contributed by atoms with Crippen LogP contribution in [0.4, 0.5) is 8.78 Å². The van der Waals surface area contributed by atoms with Crippen molar-refractivity contribution in [2.45, 2.75) is 31.7 Å². The lowest BCUT2D eigenvalue weighted by atomic mass is 9.97. The molecule has 0 radical (unpaired) electrons. The molecule has 0 saturated heterocycles. The second-order valence-electron chi connectivity index (χ2n) is 5.44. The standard InChI is InChI=1S/C14H17F2N/c15-9-4-5-12(16)8(6-9)7-13(17)14-10-2-1-3-11(10)14/h4-6,10-11,13-14H,1-3,7,17H2. The van der Waals surface area contributed by atoms with Crippen molar-refractivity contribution >= 4 is 0 Å². The van der Waals surface area contributed by atoms with E-state index < -0.39 is 0 Å². The first-order valence-electron chi connectivity index (χ1n) is 6.36. The second kappa shape index (κ2) is 4.05. The van der Waals surface area contributed by atoms with Crippen LogP contribution in [0.3, 0.4) is 0 Å². The van der Waals surface area contributed by atoms with E-state index in [0.717, 1.165) is 17.9 Å². The molecule has 3 atom stereocenters. The quantitative estimate of drug-likeness (QED) is 0.859. The van der Waals surface area contributed by atoms with Gasteiger partial charge in [-0.15, -0.1) is 0 Å². The Morgan fingerprint density at radius 3 is 2.65 bits per heavy atom. The Hall–Kier alpha value is -0.960. The van der Waals surface area contributed by atoms with Gasteiger partial charge < -0.3 is 5.73 Å². The van der Waals surface area contributed by atoms with E-state index in [4.69, 9.17) is 5.73 Å². The fourth-order valence-corrected chi connectivity index (χ4v) is 3.60. The molecule has 2 aliphatic carbocycles. The van der Waals surface area contributed by atoms with E-state index in [1.165, 1.54) is 31.4 Å². The Balaban J connectivity index is 1.68. The van der Waals surface area contributed by atoms with Gasteiger partial charge in [0.1, 0.15) is 11.6 Å². The number of fused-ring (bicyclic) bond motifs is 1. The van der Waals surface area contributed by atoms with Gasteiger partial charge >= 0.3 is 0 Å². The minimum atomic E-state index is -0.385. The van der Waals surface area contributed by atoms with E-state index >= 15 is 0 Å². The maximum Gasteiger partial charge on any atom is 0.126 e. The molecule has 92 valence electrons. The Kier molecular flexibility index (Phi) is 2.66. The predicted molar refractivity (Wildman–Crippen MR) is 62.4 cm³/mol. The average Bonchev–Trinajstić information content (AvgIpc) is 2.78. The van der Waals surface area contributed by atoms with Crippen molar-refractivity contribution in [2.75, 3.05) is 0 Å². The molecule has 3 rings (SSSR count). The Morgan fingerprint density at radius 2 is 1.94 bits per heavy atom. The van der Waals surface area contributed by atoms with Crippen molar-refractivity contribution in [3.05, 3.63) is 35.4 Å². The van der Waals surface area contributed by atoms with Gasteiger partial charge in [0.25, 0.3) is 0 Å². The van der Waals surface area contributed by atoms with E-state index in [2.05, 4.69) is 0 Å². The van der Waals surface area contributed by atoms with Gasteiger partial charge in [0.2, 0.25) is 0 Å². The van der Waals surface area contributed by atoms with Crippen LogP contribution < -0.4 is 5.73 Å². The molecule has 1 aromatic carbocycles. The molecule has 0 aromatic heterocycles. The predicted octanol–water partition coefficient (Wildman–Crippen LogP) is 2.88. The largest absolute Gasteiger partial charge is 0.327 e. The monoisotopic (exact) mass is 237 g/mol. The second-order valence-corrected chi connectivity index (χ2v) is 5.44. The zero-order chi connectivity index (χ0) is 12.0. The van der Waals surface area contributed by atoms with E-state index in [1.54, 1.807) is 0 Å². The fourth-order valence-electron chi connectivity index (χ4n) is 3.60. The minimum Gasteiger partial charge on any atom is -0.327 e. The molecule has 1 nitrogen and oxygen atoms in total. The first-order valence-corrected chi connectivity index (χ1v) is 6.36. The van der Waals surface area contributed by atoms with Crippen molar-refractivity contribution < 1.29 is 8.78 Å². The normalized spacial score (nSPS) is 32.3. The summed E-state index contributed by atoms with van der Waals surface area (Å²) in [7, 11) is 0. The third-order valence-electron chi connectivity index (χ3n) is 4.43. The molecule has 0 amide bonds. The van der Waals surface area contributed by atoms with E-state index in [9.17, 15) is 8.78 Å². The smallest absolute Gasteiger partial charge is 0.126 e. The molecular formula is C14H17F2N. The highest BCUT2D eigenvalue weighted by molar-refractivity contribution is 5.21. The zero-order valence-electron chi connectivity index (χ0n) is 9.70. The number of nitrogens with two attached hydrogens (primary N) is 1. The van der Waals surface area contributed by atoms with Gasteiger partial charge in [0, 0.05) is 6.04 Å². The molecule has 0 bridgehead atoms. The Bertz CT molecular complexity index is 422. The van der Waals surface area contributed by atoms with Crippen LogP contribution in [0.15, 0.2) is 18.2 Å². The van der Waals surface area contributed by atoms with Gasteiger partial charge in [-0.3, -0.25) is 0 Å². The molecular weight excluding hydrogens is 220 g/mol. The molecule has 2 aliphatic rings. The van der Waals surface area contributed by atoms with Crippen LogP contribution in [0.5, 0.6) is 0 Å². The number of rotatable bonds is 3. The van der Waals surface area contributed by atoms with Crippen molar-refractivity contribution in [3.63, 3.8) is 0 Å². The molecule has 2 saturated carbocycles. The van der Waals surface area contributed by atoms with Gasteiger partial charge in [0.15, 0.2) is 0 Å². The molecule has 2 fully saturated rings. The lowest BCUT2D eigenvalue weighted by Crippen LogP contribution is -2.28. The van der Waals surface area contributed by atoms with E-state index in [1.807, 2.05) is 0 Å². The molecule has 0 spiro atoms. The molecule has 0 heterocycles. The summed E-state index contributed by atoms with van der Waals surface area (Å²) in [5, 5.41) is 0. The number of halogens is 2. The lowest BCUT2D eigenvalue weighted by Gasteiger charge is -2.14. The van der Waals surface area contributed by atoms with Gasteiger partial charge in [-0.2, -0.15) is 0 Å². The zero-order valence-corrected chi connectivity index (χ0v) is 9.70. The maximum absolute atomic E-state index is 13.5. The highest BCUT2D eigenvalue weighted by Crippen LogP contribution is 2.58. The van der Waals surface area contributed by atoms with Crippen LogP contribution in [0.2, 0.25) is 0 Å². The lowest BCUT2D eigenvalue weighted by molar-refractivity contribution is 0.474.